The van der Waals surface area contributed by atoms with Gasteiger partial charge in [-0.15, -0.1) is 11.6 Å². The van der Waals surface area contributed by atoms with Crippen LogP contribution in [0.2, 0.25) is 0 Å². The zero-order valence-corrected chi connectivity index (χ0v) is 14.4. The summed E-state index contributed by atoms with van der Waals surface area (Å²) < 4.78 is 9.34. The van der Waals surface area contributed by atoms with Crippen molar-refractivity contribution in [3.63, 3.8) is 0 Å². The summed E-state index contributed by atoms with van der Waals surface area (Å²) in [6.45, 7) is 6.68. The molecule has 0 rings (SSSR count). The fourth-order valence-corrected chi connectivity index (χ4v) is 2.15. The van der Waals surface area contributed by atoms with E-state index in [-0.39, 0.29) is 11.3 Å². The minimum absolute atomic E-state index is 0.0614. The maximum absolute atomic E-state index is 7.98. The second kappa shape index (κ2) is 12.3. The van der Waals surface area contributed by atoms with Gasteiger partial charge in [-0.3, -0.25) is 5.41 Å². The number of hydrogen-bond acceptors (Lipinski definition) is 4. The van der Waals surface area contributed by atoms with E-state index in [1.165, 1.54) is 12.8 Å². The molecule has 1 atom stereocenters. The lowest BCUT2D eigenvalue weighted by molar-refractivity contribution is 0.296. The van der Waals surface area contributed by atoms with Crippen molar-refractivity contribution in [1.82, 2.24) is 0 Å². The Hall–Kier alpha value is -0.480. The van der Waals surface area contributed by atoms with Crippen LogP contribution in [0.25, 0.3) is 0 Å². The summed E-state index contributed by atoms with van der Waals surface area (Å²) >= 11 is 10.1. The summed E-state index contributed by atoms with van der Waals surface area (Å²) in [5.41, 5.74) is 1.27. The third kappa shape index (κ3) is 7.95. The van der Waals surface area contributed by atoms with Crippen molar-refractivity contribution >= 4 is 36.0 Å². The number of unbranched alkanes of at least 4 members (excludes halogenated alkanes) is 4. The minimum atomic E-state index is -0.212. The normalized spacial score (nSPS) is 14.2. The fraction of sp³-hybridized carbons (Fsp3) is 0.733. The summed E-state index contributed by atoms with van der Waals surface area (Å²) in [7, 11) is 0. The molecule has 0 saturated carbocycles. The molecular formula is C15H27ClN2OS. The highest BCUT2D eigenvalue weighted by Crippen LogP contribution is 2.15. The largest absolute Gasteiger partial charge is 0.477 e. The maximum atomic E-state index is 7.98. The van der Waals surface area contributed by atoms with Crippen LogP contribution in [0, 0.1) is 5.41 Å². The molecule has 0 radical (unpaired) electrons. The summed E-state index contributed by atoms with van der Waals surface area (Å²) in [4.78, 5) is 0. The first-order chi connectivity index (χ1) is 9.58. The molecule has 0 amide bonds. The van der Waals surface area contributed by atoms with Crippen LogP contribution >= 0.6 is 24.4 Å². The predicted octanol–water partition coefficient (Wildman–Crippen LogP) is 5.20. The third-order valence-electron chi connectivity index (χ3n) is 2.91. The van der Waals surface area contributed by atoms with E-state index in [9.17, 15) is 0 Å². The Labute approximate surface area is 133 Å². The smallest absolute Gasteiger partial charge is 0.233 e. The summed E-state index contributed by atoms with van der Waals surface area (Å²) in [6.07, 6.45) is 8.42. The van der Waals surface area contributed by atoms with Gasteiger partial charge in [-0.2, -0.15) is 0 Å². The lowest BCUT2D eigenvalue weighted by Gasteiger charge is -2.14. The average Bonchev–Trinajstić information content (AvgIpc) is 2.42. The summed E-state index contributed by atoms with van der Waals surface area (Å²) in [6, 6.07) is 0. The Kier molecular flexibility index (Phi) is 12.0. The Morgan fingerprint density at radius 1 is 1.30 bits per heavy atom. The van der Waals surface area contributed by atoms with Crippen LogP contribution in [0.4, 0.5) is 0 Å². The molecule has 0 saturated heterocycles. The Morgan fingerprint density at radius 2 is 2.00 bits per heavy atom. The number of ether oxygens (including phenoxy) is 1. The molecular weight excluding hydrogens is 292 g/mol. The molecule has 20 heavy (non-hydrogen) atoms. The van der Waals surface area contributed by atoms with Crippen LogP contribution in [0.3, 0.4) is 0 Å². The van der Waals surface area contributed by atoms with E-state index >= 15 is 0 Å². The monoisotopic (exact) mass is 318 g/mol. The molecule has 0 aromatic carbocycles. The molecule has 1 N–H and O–H groups in total. The number of hydrogen-bond donors (Lipinski definition) is 2. The highest BCUT2D eigenvalue weighted by atomic mass is 35.5. The molecule has 3 nitrogen and oxygen atoms in total. The van der Waals surface area contributed by atoms with Crippen LogP contribution in [-0.2, 0) is 4.74 Å². The Morgan fingerprint density at radius 3 is 2.50 bits per heavy atom. The van der Waals surface area contributed by atoms with Gasteiger partial charge in [0.15, 0.2) is 0 Å². The number of allylic oxidation sites excluding steroid dienone is 1. The molecule has 0 heterocycles. The highest BCUT2D eigenvalue weighted by molar-refractivity contribution is 7.79. The molecule has 0 fully saturated rings. The average molecular weight is 319 g/mol. The number of alkyl halides is 1. The molecule has 116 valence electrons. The van der Waals surface area contributed by atoms with Crippen molar-refractivity contribution in [2.45, 2.75) is 64.7 Å². The summed E-state index contributed by atoms with van der Waals surface area (Å²) in [5, 5.41) is 7.77. The van der Waals surface area contributed by atoms with Gasteiger partial charge in [0.05, 0.1) is 12.0 Å². The minimum Gasteiger partial charge on any atom is -0.477 e. The van der Waals surface area contributed by atoms with E-state index in [2.05, 4.69) is 31.1 Å². The second-order valence-electron chi connectivity index (χ2n) is 4.75. The Balaban J connectivity index is 4.52. The molecule has 0 aliphatic heterocycles. The molecule has 1 unspecified atom stereocenters. The van der Waals surface area contributed by atoms with E-state index in [0.717, 1.165) is 31.3 Å². The lowest BCUT2D eigenvalue weighted by atomic mass is 10.1. The molecule has 0 bridgehead atoms. The number of halogens is 1. The van der Waals surface area contributed by atoms with Gasteiger partial charge >= 0.3 is 0 Å². The summed E-state index contributed by atoms with van der Waals surface area (Å²) in [5.74, 6) is 0.0614. The van der Waals surface area contributed by atoms with Crippen molar-refractivity contribution in [1.29, 1.82) is 5.41 Å². The standard InChI is InChI=1S/C15H27ClN2OS/c1-4-6-8-9-11-19-15(17)14(18-20)13(12(3)16)10-7-5-2/h10,12,17,20H,4-9,11H2,1-3H3/b13-10+,17-15?,18-14-. The van der Waals surface area contributed by atoms with Crippen LogP contribution < -0.4 is 0 Å². The van der Waals surface area contributed by atoms with Crippen molar-refractivity contribution in [2.24, 2.45) is 4.40 Å². The highest BCUT2D eigenvalue weighted by Gasteiger charge is 2.18. The van der Waals surface area contributed by atoms with E-state index in [0.29, 0.717) is 12.3 Å². The predicted molar refractivity (Wildman–Crippen MR) is 92.5 cm³/mol. The van der Waals surface area contributed by atoms with Gasteiger partial charge < -0.3 is 4.74 Å². The zero-order valence-electron chi connectivity index (χ0n) is 12.8. The van der Waals surface area contributed by atoms with E-state index < -0.39 is 0 Å². The maximum Gasteiger partial charge on any atom is 0.233 e. The number of thiol groups is 1. The third-order valence-corrected chi connectivity index (χ3v) is 3.35. The zero-order chi connectivity index (χ0) is 15.4. The Bertz CT molecular complexity index is 341. The van der Waals surface area contributed by atoms with Crippen molar-refractivity contribution in [3.05, 3.63) is 11.6 Å². The van der Waals surface area contributed by atoms with Crippen molar-refractivity contribution < 1.29 is 4.74 Å². The topological polar surface area (TPSA) is 45.4 Å². The SMILES string of the molecule is CCC/C=C(/C(=N/S)C(=N)OCCCCCC)C(C)Cl. The van der Waals surface area contributed by atoms with Gasteiger partial charge in [-0.25, -0.2) is 4.40 Å². The molecule has 0 aromatic heterocycles. The first kappa shape index (κ1) is 19.5. The molecule has 0 aliphatic rings. The van der Waals surface area contributed by atoms with Crippen LogP contribution in [0.15, 0.2) is 16.0 Å². The quantitative estimate of drug-likeness (QED) is 0.188. The molecule has 0 aliphatic carbocycles. The first-order valence-electron chi connectivity index (χ1n) is 7.36. The van der Waals surface area contributed by atoms with E-state index in [1.54, 1.807) is 0 Å². The van der Waals surface area contributed by atoms with Crippen LogP contribution in [0.5, 0.6) is 0 Å². The van der Waals surface area contributed by atoms with Gasteiger partial charge in [-0.1, -0.05) is 45.6 Å². The second-order valence-corrected chi connectivity index (χ2v) is 5.61. The van der Waals surface area contributed by atoms with Crippen molar-refractivity contribution in [2.75, 3.05) is 6.61 Å². The number of nitrogens with zero attached hydrogens (tertiary/aromatic N) is 1. The molecule has 0 spiro atoms. The van der Waals surface area contributed by atoms with Gasteiger partial charge in [0.25, 0.3) is 0 Å². The van der Waals surface area contributed by atoms with Gasteiger partial charge in [0, 0.05) is 0 Å². The van der Waals surface area contributed by atoms with E-state index in [4.69, 9.17) is 21.7 Å². The molecule has 0 aromatic rings. The van der Waals surface area contributed by atoms with Gasteiger partial charge in [-0.05, 0) is 38.2 Å². The fourth-order valence-electron chi connectivity index (χ4n) is 1.75. The van der Waals surface area contributed by atoms with Gasteiger partial charge in [0.2, 0.25) is 5.90 Å². The lowest BCUT2D eigenvalue weighted by Crippen LogP contribution is -2.23. The van der Waals surface area contributed by atoms with E-state index in [1.807, 2.05) is 13.0 Å². The van der Waals surface area contributed by atoms with Crippen LogP contribution in [-0.4, -0.2) is 23.6 Å². The number of nitrogens with one attached hydrogen (secondary N) is 1. The van der Waals surface area contributed by atoms with Gasteiger partial charge in [0.1, 0.15) is 5.71 Å². The van der Waals surface area contributed by atoms with Crippen molar-refractivity contribution in [3.8, 4) is 0 Å². The molecule has 5 heteroatoms. The van der Waals surface area contributed by atoms with Crippen LogP contribution in [0.1, 0.15) is 59.3 Å². The number of rotatable bonds is 10. The first-order valence-corrected chi connectivity index (χ1v) is 8.20.